The molecule has 4 aromatic rings. The monoisotopic (exact) mass is 497 g/mol. The van der Waals surface area contributed by atoms with E-state index in [0.717, 1.165) is 38.7 Å². The molecule has 0 bridgehead atoms. The van der Waals surface area contributed by atoms with Crippen LogP contribution in [-0.4, -0.2) is 41.9 Å². The predicted molar refractivity (Wildman–Crippen MR) is 141 cm³/mol. The number of carbonyl (C=O) groups excluding carboxylic acids is 2. The van der Waals surface area contributed by atoms with Gasteiger partial charge in [0.2, 0.25) is 5.91 Å². The smallest absolute Gasteiger partial charge is 0.254 e. The molecule has 0 saturated heterocycles. The van der Waals surface area contributed by atoms with Crippen molar-refractivity contribution in [1.82, 2.24) is 15.2 Å². The fraction of sp³-hybridized carbons (Fsp3) is 0.207. The van der Waals surface area contributed by atoms with Gasteiger partial charge in [0.15, 0.2) is 0 Å². The normalized spacial score (nSPS) is 13.4. The summed E-state index contributed by atoms with van der Waals surface area (Å²) in [6.45, 7) is 1.57. The number of ether oxygens (including phenoxy) is 1. The lowest BCUT2D eigenvalue weighted by Gasteiger charge is -2.24. The van der Waals surface area contributed by atoms with Crippen LogP contribution in [-0.2, 0) is 17.8 Å². The van der Waals surface area contributed by atoms with Gasteiger partial charge in [-0.1, -0.05) is 60.7 Å². The summed E-state index contributed by atoms with van der Waals surface area (Å²) in [7, 11) is 1.64. The Morgan fingerprint density at radius 3 is 2.69 bits per heavy atom. The van der Waals surface area contributed by atoms with Crippen LogP contribution >= 0.6 is 11.3 Å². The summed E-state index contributed by atoms with van der Waals surface area (Å²) >= 11 is 1.51. The Balaban J connectivity index is 1.23. The number of aromatic nitrogens is 1. The minimum atomic E-state index is -0.0885. The van der Waals surface area contributed by atoms with Crippen molar-refractivity contribution in [2.75, 3.05) is 20.2 Å². The van der Waals surface area contributed by atoms with Crippen molar-refractivity contribution >= 4 is 23.2 Å². The van der Waals surface area contributed by atoms with Gasteiger partial charge in [0, 0.05) is 42.1 Å². The topological polar surface area (TPSA) is 71.5 Å². The van der Waals surface area contributed by atoms with E-state index >= 15 is 0 Å². The maximum absolute atomic E-state index is 12.9. The molecule has 36 heavy (non-hydrogen) atoms. The van der Waals surface area contributed by atoms with Gasteiger partial charge >= 0.3 is 0 Å². The second-order valence-electron chi connectivity index (χ2n) is 8.81. The molecule has 0 aliphatic carbocycles. The zero-order valence-electron chi connectivity index (χ0n) is 20.0. The first-order valence-corrected chi connectivity index (χ1v) is 12.8. The lowest BCUT2D eigenvalue weighted by atomic mass is 9.98. The molecule has 5 rings (SSSR count). The van der Waals surface area contributed by atoms with Gasteiger partial charge in [-0.15, -0.1) is 11.3 Å². The molecule has 0 spiro atoms. The number of carbonyl (C=O) groups is 2. The van der Waals surface area contributed by atoms with Crippen LogP contribution in [0.1, 0.15) is 33.1 Å². The van der Waals surface area contributed by atoms with Gasteiger partial charge in [-0.2, -0.15) is 0 Å². The molecule has 1 atom stereocenters. The molecule has 1 unspecified atom stereocenters. The molecule has 1 aliphatic rings. The molecule has 2 heterocycles. The lowest BCUT2D eigenvalue weighted by Crippen LogP contribution is -2.36. The molecule has 7 heteroatoms. The largest absolute Gasteiger partial charge is 0.497 e. The summed E-state index contributed by atoms with van der Waals surface area (Å²) in [4.78, 5) is 32.3. The maximum Gasteiger partial charge on any atom is 0.254 e. The Hall–Kier alpha value is -3.97. The van der Waals surface area contributed by atoms with Crippen LogP contribution in [0.4, 0.5) is 0 Å². The number of nitrogens with zero attached hydrogens (tertiary/aromatic N) is 2. The molecule has 1 aliphatic heterocycles. The van der Waals surface area contributed by atoms with Crippen molar-refractivity contribution in [3.63, 3.8) is 0 Å². The Kier molecular flexibility index (Phi) is 7.09. The van der Waals surface area contributed by atoms with E-state index in [-0.39, 0.29) is 24.2 Å². The third-order valence-corrected chi connectivity index (χ3v) is 7.30. The number of methoxy groups -OCH3 is 1. The summed E-state index contributed by atoms with van der Waals surface area (Å²) in [6.07, 6.45) is 0.204. The zero-order chi connectivity index (χ0) is 24.9. The van der Waals surface area contributed by atoms with E-state index in [0.29, 0.717) is 19.6 Å². The minimum absolute atomic E-state index is 0.0174. The highest BCUT2D eigenvalue weighted by Gasteiger charge is 2.29. The highest BCUT2D eigenvalue weighted by molar-refractivity contribution is 7.13. The maximum atomic E-state index is 12.9. The first-order chi connectivity index (χ1) is 17.6. The number of benzene rings is 3. The molecule has 0 saturated carbocycles. The van der Waals surface area contributed by atoms with Crippen LogP contribution in [0, 0.1) is 0 Å². The summed E-state index contributed by atoms with van der Waals surface area (Å²) in [5.41, 5.74) is 4.61. The Morgan fingerprint density at radius 1 is 1.08 bits per heavy atom. The van der Waals surface area contributed by atoms with Crippen LogP contribution in [0.2, 0.25) is 0 Å². The predicted octanol–water partition coefficient (Wildman–Crippen LogP) is 4.92. The van der Waals surface area contributed by atoms with Gasteiger partial charge in [-0.3, -0.25) is 9.59 Å². The molecule has 1 aromatic heterocycles. The van der Waals surface area contributed by atoms with E-state index in [1.54, 1.807) is 7.11 Å². The summed E-state index contributed by atoms with van der Waals surface area (Å²) < 4.78 is 5.30. The second kappa shape index (κ2) is 10.7. The van der Waals surface area contributed by atoms with E-state index in [1.807, 2.05) is 89.1 Å². The molecule has 182 valence electrons. The van der Waals surface area contributed by atoms with Crippen LogP contribution in [0.3, 0.4) is 0 Å². The molecule has 2 amide bonds. The first-order valence-electron chi connectivity index (χ1n) is 11.9. The van der Waals surface area contributed by atoms with Crippen molar-refractivity contribution in [1.29, 1.82) is 0 Å². The zero-order valence-corrected chi connectivity index (χ0v) is 20.8. The Bertz CT molecular complexity index is 1370. The van der Waals surface area contributed by atoms with Gasteiger partial charge in [0.05, 0.1) is 19.2 Å². The number of rotatable bonds is 9. The Labute approximate surface area is 214 Å². The average molecular weight is 498 g/mol. The number of fused-ring (bicyclic) bond motifs is 1. The SMILES string of the molecule is COc1cccc(-c2nc(CC(=O)NCC(CN3Cc4ccccc4C3=O)c3ccccc3)cs2)c1. The van der Waals surface area contributed by atoms with Gasteiger partial charge in [-0.25, -0.2) is 4.98 Å². The van der Waals surface area contributed by atoms with Gasteiger partial charge in [-0.05, 0) is 29.3 Å². The van der Waals surface area contributed by atoms with E-state index in [9.17, 15) is 9.59 Å². The molecule has 0 fully saturated rings. The molecular formula is C29H27N3O3S. The fourth-order valence-electron chi connectivity index (χ4n) is 4.48. The number of thiazole rings is 1. The van der Waals surface area contributed by atoms with Crippen LogP contribution in [0.25, 0.3) is 10.6 Å². The van der Waals surface area contributed by atoms with Crippen LogP contribution in [0.15, 0.2) is 84.2 Å². The van der Waals surface area contributed by atoms with Crippen molar-refractivity contribution in [3.05, 3.63) is 107 Å². The lowest BCUT2D eigenvalue weighted by molar-refractivity contribution is -0.120. The highest BCUT2D eigenvalue weighted by atomic mass is 32.1. The van der Waals surface area contributed by atoms with E-state index < -0.39 is 0 Å². The quantitative estimate of drug-likeness (QED) is 0.356. The van der Waals surface area contributed by atoms with Crippen molar-refractivity contribution < 1.29 is 14.3 Å². The summed E-state index contributed by atoms with van der Waals surface area (Å²) in [6, 6.07) is 25.5. The van der Waals surface area contributed by atoms with Gasteiger partial charge in [0.25, 0.3) is 5.91 Å². The van der Waals surface area contributed by atoms with Crippen molar-refractivity contribution in [2.24, 2.45) is 0 Å². The average Bonchev–Trinajstić information content (AvgIpc) is 3.51. The number of amides is 2. The molecule has 0 radical (unpaired) electrons. The molecule has 3 aromatic carbocycles. The summed E-state index contributed by atoms with van der Waals surface area (Å²) in [5, 5.41) is 5.85. The minimum Gasteiger partial charge on any atom is -0.497 e. The van der Waals surface area contributed by atoms with Crippen molar-refractivity contribution in [3.8, 4) is 16.3 Å². The van der Waals surface area contributed by atoms with Gasteiger partial charge < -0.3 is 15.0 Å². The van der Waals surface area contributed by atoms with Crippen molar-refractivity contribution in [2.45, 2.75) is 18.9 Å². The number of hydrogen-bond acceptors (Lipinski definition) is 5. The van der Waals surface area contributed by atoms with E-state index in [4.69, 9.17) is 4.74 Å². The second-order valence-corrected chi connectivity index (χ2v) is 9.67. The van der Waals surface area contributed by atoms with E-state index in [2.05, 4.69) is 10.3 Å². The fourth-order valence-corrected chi connectivity index (χ4v) is 5.30. The number of nitrogens with one attached hydrogen (secondary N) is 1. The molecular weight excluding hydrogens is 470 g/mol. The highest BCUT2D eigenvalue weighted by Crippen LogP contribution is 2.28. The first kappa shape index (κ1) is 23.8. The third-order valence-electron chi connectivity index (χ3n) is 6.36. The standard InChI is InChI=1S/C29H27N3O3S/c1-35-25-12-7-11-21(14-25)28-31-24(19-36-28)15-27(33)30-16-23(20-8-3-2-4-9-20)18-32-17-22-10-5-6-13-26(22)29(32)34/h2-14,19,23H,15-18H2,1H3,(H,30,33). The third kappa shape index (κ3) is 5.31. The summed E-state index contributed by atoms with van der Waals surface area (Å²) in [5.74, 6) is 0.713. The van der Waals surface area contributed by atoms with Gasteiger partial charge in [0.1, 0.15) is 10.8 Å². The molecule has 1 N–H and O–H groups in total. The van der Waals surface area contributed by atoms with Crippen LogP contribution in [0.5, 0.6) is 5.75 Å². The van der Waals surface area contributed by atoms with E-state index in [1.165, 1.54) is 11.3 Å². The molecule has 6 nitrogen and oxygen atoms in total. The van der Waals surface area contributed by atoms with Crippen LogP contribution < -0.4 is 10.1 Å². The Morgan fingerprint density at radius 2 is 1.89 bits per heavy atom. The number of hydrogen-bond donors (Lipinski definition) is 1.